The first-order valence-corrected chi connectivity index (χ1v) is 5.87. The Labute approximate surface area is 120 Å². The van der Waals surface area contributed by atoms with E-state index in [9.17, 15) is 26.7 Å². The number of nitrogens with one attached hydrogen (secondary N) is 1. The molecule has 118 valence electrons. The first-order chi connectivity index (χ1) is 10.2. The zero-order valence-corrected chi connectivity index (χ0v) is 11.0. The van der Waals surface area contributed by atoms with Crippen LogP contribution in [0.25, 0.3) is 0 Å². The molecule has 0 spiro atoms. The van der Waals surface area contributed by atoms with Gasteiger partial charge in [-0.25, -0.2) is 13.5 Å². The second-order valence-electron chi connectivity index (χ2n) is 4.25. The molecule has 1 N–H and O–H groups in total. The number of anilines is 1. The van der Waals surface area contributed by atoms with Gasteiger partial charge in [0.1, 0.15) is 5.69 Å². The fourth-order valence-electron chi connectivity index (χ4n) is 1.80. The van der Waals surface area contributed by atoms with Crippen molar-refractivity contribution in [3.63, 3.8) is 0 Å². The average Bonchev–Trinajstić information content (AvgIpc) is 2.78. The first kappa shape index (κ1) is 15.9. The van der Waals surface area contributed by atoms with E-state index in [0.29, 0.717) is 0 Å². The van der Waals surface area contributed by atoms with Crippen molar-refractivity contribution in [3.8, 4) is 0 Å². The van der Waals surface area contributed by atoms with E-state index in [4.69, 9.17) is 0 Å². The molecule has 0 fully saturated rings. The lowest BCUT2D eigenvalue weighted by Gasteiger charge is -2.12. The van der Waals surface area contributed by atoms with Gasteiger partial charge in [-0.3, -0.25) is 4.79 Å². The summed E-state index contributed by atoms with van der Waals surface area (Å²) in [4.78, 5) is 11.9. The lowest BCUT2D eigenvalue weighted by Crippen LogP contribution is -2.19. The normalized spacial score (nSPS) is 11.8. The number of amides is 1. The molecule has 0 unspecified atom stereocenters. The SMILES string of the molecule is Cn1nnc(NC(=O)c2ccccc2C(F)(F)F)c1C(F)F. The molecule has 1 amide bonds. The van der Waals surface area contributed by atoms with Gasteiger partial charge >= 0.3 is 6.18 Å². The minimum absolute atomic E-state index is 0.584. The molecule has 0 saturated carbocycles. The van der Waals surface area contributed by atoms with Crippen LogP contribution in [0.5, 0.6) is 0 Å². The number of alkyl halides is 5. The van der Waals surface area contributed by atoms with Crippen molar-refractivity contribution in [2.75, 3.05) is 5.32 Å². The minimum atomic E-state index is -4.75. The van der Waals surface area contributed by atoms with Gasteiger partial charge in [-0.15, -0.1) is 5.10 Å². The Morgan fingerprint density at radius 1 is 1.27 bits per heavy atom. The largest absolute Gasteiger partial charge is 0.417 e. The van der Waals surface area contributed by atoms with Crippen molar-refractivity contribution in [2.24, 2.45) is 7.05 Å². The van der Waals surface area contributed by atoms with Gasteiger partial charge in [0.25, 0.3) is 12.3 Å². The molecule has 0 atom stereocenters. The van der Waals surface area contributed by atoms with E-state index in [0.717, 1.165) is 22.9 Å². The highest BCUT2D eigenvalue weighted by molar-refractivity contribution is 6.05. The van der Waals surface area contributed by atoms with Crippen LogP contribution in [-0.4, -0.2) is 20.9 Å². The van der Waals surface area contributed by atoms with E-state index >= 15 is 0 Å². The molecule has 1 aromatic heterocycles. The van der Waals surface area contributed by atoms with Crippen LogP contribution in [0.1, 0.15) is 28.0 Å². The highest BCUT2D eigenvalue weighted by atomic mass is 19.4. The molecule has 22 heavy (non-hydrogen) atoms. The number of rotatable bonds is 3. The second kappa shape index (κ2) is 5.70. The summed E-state index contributed by atoms with van der Waals surface area (Å²) in [7, 11) is 1.17. The fourth-order valence-corrected chi connectivity index (χ4v) is 1.80. The number of benzene rings is 1. The Morgan fingerprint density at radius 2 is 1.91 bits per heavy atom. The summed E-state index contributed by atoms with van der Waals surface area (Å²) < 4.78 is 64.8. The number of nitrogens with zero attached hydrogens (tertiary/aromatic N) is 3. The van der Waals surface area contributed by atoms with Crippen LogP contribution < -0.4 is 5.32 Å². The van der Waals surface area contributed by atoms with Crippen molar-refractivity contribution in [3.05, 3.63) is 41.1 Å². The summed E-state index contributed by atoms with van der Waals surface area (Å²) in [6.07, 6.45) is -7.74. The minimum Gasteiger partial charge on any atom is -0.303 e. The molecule has 0 aliphatic rings. The maximum absolute atomic E-state index is 12.8. The smallest absolute Gasteiger partial charge is 0.303 e. The van der Waals surface area contributed by atoms with Crippen LogP contribution in [-0.2, 0) is 13.2 Å². The zero-order chi connectivity index (χ0) is 16.5. The van der Waals surface area contributed by atoms with E-state index in [1.807, 2.05) is 5.32 Å². The summed E-state index contributed by atoms with van der Waals surface area (Å²) in [5, 5.41) is 8.55. The third kappa shape index (κ3) is 3.05. The molecule has 0 saturated heterocycles. The molecule has 0 aliphatic carbocycles. The quantitative estimate of drug-likeness (QED) is 0.884. The van der Waals surface area contributed by atoms with Gasteiger partial charge in [-0.1, -0.05) is 17.3 Å². The van der Waals surface area contributed by atoms with Crippen LogP contribution in [0.15, 0.2) is 24.3 Å². The molecule has 1 heterocycles. The van der Waals surface area contributed by atoms with E-state index < -0.39 is 41.1 Å². The van der Waals surface area contributed by atoms with Crippen molar-refractivity contribution in [2.45, 2.75) is 12.6 Å². The number of hydrogen-bond acceptors (Lipinski definition) is 3. The zero-order valence-electron chi connectivity index (χ0n) is 11.0. The Kier molecular flexibility index (Phi) is 4.11. The highest BCUT2D eigenvalue weighted by Gasteiger charge is 2.35. The van der Waals surface area contributed by atoms with E-state index in [2.05, 4.69) is 10.3 Å². The predicted molar refractivity (Wildman–Crippen MR) is 65.4 cm³/mol. The Balaban J connectivity index is 2.36. The van der Waals surface area contributed by atoms with Gasteiger partial charge in [-0.05, 0) is 12.1 Å². The Morgan fingerprint density at radius 3 is 2.50 bits per heavy atom. The number of aromatic nitrogens is 3. The Bertz CT molecular complexity index is 695. The predicted octanol–water partition coefficient (Wildman–Crippen LogP) is 3.02. The molecule has 0 bridgehead atoms. The lowest BCUT2D eigenvalue weighted by molar-refractivity contribution is -0.137. The fraction of sp³-hybridized carbons (Fsp3) is 0.250. The number of carbonyl (C=O) groups is 1. The van der Waals surface area contributed by atoms with Gasteiger partial charge in [-0.2, -0.15) is 13.2 Å². The maximum atomic E-state index is 12.8. The van der Waals surface area contributed by atoms with Crippen LogP contribution in [0, 0.1) is 0 Å². The number of aryl methyl sites for hydroxylation is 1. The van der Waals surface area contributed by atoms with E-state index in [1.54, 1.807) is 0 Å². The molecule has 5 nitrogen and oxygen atoms in total. The molecule has 2 rings (SSSR count). The molecular formula is C12H9F5N4O. The standard InChI is InChI=1S/C12H9F5N4O/c1-21-8(9(13)14)10(19-20-21)18-11(22)6-4-2-3-5-7(6)12(15,16)17/h2-5,9H,1H3,(H,18,22). The summed E-state index contributed by atoms with van der Waals surface area (Å²) >= 11 is 0. The molecule has 1 aromatic carbocycles. The summed E-state index contributed by atoms with van der Waals surface area (Å²) in [5.74, 6) is -1.78. The van der Waals surface area contributed by atoms with Crippen LogP contribution in [0.4, 0.5) is 27.8 Å². The lowest BCUT2D eigenvalue weighted by atomic mass is 10.1. The summed E-state index contributed by atoms with van der Waals surface area (Å²) in [5.41, 5.74) is -2.56. The van der Waals surface area contributed by atoms with Gasteiger partial charge < -0.3 is 5.32 Å². The first-order valence-electron chi connectivity index (χ1n) is 5.87. The summed E-state index contributed by atoms with van der Waals surface area (Å²) in [6.45, 7) is 0. The van der Waals surface area contributed by atoms with Crippen LogP contribution in [0.3, 0.4) is 0 Å². The topological polar surface area (TPSA) is 59.8 Å². The Hall–Kier alpha value is -2.52. The van der Waals surface area contributed by atoms with Crippen LogP contribution >= 0.6 is 0 Å². The summed E-state index contributed by atoms with van der Waals surface area (Å²) in [6, 6.07) is 4.01. The third-order valence-electron chi connectivity index (χ3n) is 2.79. The van der Waals surface area contributed by atoms with Crippen molar-refractivity contribution < 1.29 is 26.7 Å². The number of carbonyl (C=O) groups excluding carboxylic acids is 1. The highest BCUT2D eigenvalue weighted by Crippen LogP contribution is 2.32. The maximum Gasteiger partial charge on any atom is 0.417 e. The van der Waals surface area contributed by atoms with Crippen molar-refractivity contribution >= 4 is 11.7 Å². The van der Waals surface area contributed by atoms with Gasteiger partial charge in [0.2, 0.25) is 0 Å². The number of halogens is 5. The molecule has 10 heteroatoms. The monoisotopic (exact) mass is 320 g/mol. The molecule has 0 aliphatic heterocycles. The number of hydrogen-bond donors (Lipinski definition) is 1. The van der Waals surface area contributed by atoms with Crippen molar-refractivity contribution in [1.29, 1.82) is 0 Å². The van der Waals surface area contributed by atoms with Crippen molar-refractivity contribution in [1.82, 2.24) is 15.0 Å². The van der Waals surface area contributed by atoms with Crippen LogP contribution in [0.2, 0.25) is 0 Å². The molecule has 0 radical (unpaired) electrons. The average molecular weight is 320 g/mol. The van der Waals surface area contributed by atoms with E-state index in [1.165, 1.54) is 13.1 Å². The second-order valence-corrected chi connectivity index (χ2v) is 4.25. The molecular weight excluding hydrogens is 311 g/mol. The van der Waals surface area contributed by atoms with E-state index in [-0.39, 0.29) is 0 Å². The van der Waals surface area contributed by atoms with Gasteiger partial charge in [0, 0.05) is 7.05 Å². The molecule has 2 aromatic rings. The third-order valence-corrected chi connectivity index (χ3v) is 2.79. The van der Waals surface area contributed by atoms with Gasteiger partial charge in [0.15, 0.2) is 5.82 Å². The van der Waals surface area contributed by atoms with Gasteiger partial charge in [0.05, 0.1) is 11.1 Å².